The molecule has 0 heterocycles. The van der Waals surface area contributed by atoms with E-state index in [9.17, 15) is 0 Å². The summed E-state index contributed by atoms with van der Waals surface area (Å²) >= 11 is 0. The summed E-state index contributed by atoms with van der Waals surface area (Å²) in [5.74, 6) is 0.00463. The predicted octanol–water partition coefficient (Wildman–Crippen LogP) is 12.1. The zero-order chi connectivity index (χ0) is 25.7. The van der Waals surface area contributed by atoms with E-state index in [1.807, 2.05) is 31.2 Å². The van der Waals surface area contributed by atoms with E-state index in [2.05, 4.69) is 31.5 Å². The first-order valence-electron chi connectivity index (χ1n) is 8.08. The van der Waals surface area contributed by atoms with Crippen LogP contribution < -0.4 is 0 Å². The van der Waals surface area contributed by atoms with Gasteiger partial charge >= 0.3 is 0 Å². The lowest BCUT2D eigenvalue weighted by atomic mass is 10.2. The molecule has 0 aliphatic carbocycles. The van der Waals surface area contributed by atoms with Crippen molar-refractivity contribution >= 4 is 57.8 Å². The Morgan fingerprint density at radius 1 is 1.03 bits per heavy atom. The van der Waals surface area contributed by atoms with E-state index in [4.69, 9.17) is 37.7 Å². The van der Waals surface area contributed by atoms with Gasteiger partial charge in [-0.05, 0) is 26.3 Å². The van der Waals surface area contributed by atoms with Crippen molar-refractivity contribution in [1.29, 1.82) is 31.2 Å². The maximum Gasteiger partial charge on any atom is 0.232 e. The van der Waals surface area contributed by atoms with Gasteiger partial charge in [-0.3, -0.25) is 20.6 Å². The van der Waals surface area contributed by atoms with Crippen molar-refractivity contribution in [2.45, 2.75) is 26.7 Å². The van der Waals surface area contributed by atoms with Crippen LogP contribution in [0.5, 0.6) is 0 Å². The van der Waals surface area contributed by atoms with Crippen molar-refractivity contribution in [2.24, 2.45) is 19.5 Å². The Bertz CT molecular complexity index is 704. The van der Waals surface area contributed by atoms with Crippen molar-refractivity contribution < 1.29 is 0 Å². The number of allylic oxidation sites excluding steroid dienone is 3. The van der Waals surface area contributed by atoms with Gasteiger partial charge in [-0.2, -0.15) is 24.1 Å². The van der Waals surface area contributed by atoms with Gasteiger partial charge in [0, 0.05) is 6.42 Å². The highest BCUT2D eigenvalue weighted by Crippen LogP contribution is 2.27. The fourth-order valence-corrected chi connectivity index (χ4v) is 3.50. The molecule has 0 fully saturated rings. The first-order valence-corrected chi connectivity index (χ1v) is 15.5. The van der Waals surface area contributed by atoms with Gasteiger partial charge in [0.25, 0.3) is 0 Å². The highest BCUT2D eigenvalue weighted by Gasteiger charge is 1.83. The van der Waals surface area contributed by atoms with E-state index >= 15 is 0 Å². The van der Waals surface area contributed by atoms with E-state index in [1.165, 1.54) is 0 Å². The number of unbranched alkanes of at least 4 members (excludes halogenated alkanes) is 1. The maximum atomic E-state index is 8.01. The summed E-state index contributed by atoms with van der Waals surface area (Å²) in [5.41, 5.74) is 0. The number of hydrogen-bond donors (Lipinski definition) is 4. The van der Waals surface area contributed by atoms with Crippen LogP contribution in [0.1, 0.15) is 26.7 Å². The van der Waals surface area contributed by atoms with Gasteiger partial charge in [0.2, 0.25) is 6.54 Å². The molecule has 0 rings (SSSR count). The highest BCUT2D eigenvalue weighted by molar-refractivity contribution is 8.03. The molecule has 17 heteroatoms. The SMILES string of the molecule is C=CC(C)C#N.C=CCCC#N.N=PN=PP=N.N=PN=PP=NP=N.[C-]#[N+]C/C=C/C. The Hall–Kier alpha value is -1.61. The molecular formula is C15H25N10P7. The molecule has 0 aromatic carbocycles. The van der Waals surface area contributed by atoms with E-state index in [0.717, 1.165) is 22.5 Å². The molecule has 0 spiro atoms. The van der Waals surface area contributed by atoms with E-state index in [0.29, 0.717) is 46.1 Å². The van der Waals surface area contributed by atoms with Crippen molar-refractivity contribution in [3.8, 4) is 12.1 Å². The Morgan fingerprint density at radius 2 is 1.53 bits per heavy atom. The Kier molecular flexibility index (Phi) is 65.9. The predicted molar refractivity (Wildman–Crippen MR) is 143 cm³/mol. The number of rotatable bonds is 9. The lowest BCUT2D eigenvalue weighted by Gasteiger charge is -1.80. The van der Waals surface area contributed by atoms with Gasteiger partial charge in [0.1, 0.15) is 0 Å². The lowest BCUT2D eigenvalue weighted by molar-refractivity contribution is 0.960. The molecule has 10 nitrogen and oxygen atoms in total. The average Bonchev–Trinajstić information content (AvgIpc) is 2.83. The highest BCUT2D eigenvalue weighted by atomic mass is 32.0. The minimum absolute atomic E-state index is 0.00463. The first kappa shape index (κ1) is 40.7. The minimum Gasteiger partial charge on any atom is -0.312 e. The van der Waals surface area contributed by atoms with Crippen LogP contribution in [0.15, 0.2) is 51.0 Å². The van der Waals surface area contributed by atoms with Gasteiger partial charge in [-0.1, -0.05) is 18.2 Å². The summed E-state index contributed by atoms with van der Waals surface area (Å²) in [4.78, 5) is 3.09. The topological polar surface area (TPSA) is 184 Å². The second kappa shape index (κ2) is 51.8. The lowest BCUT2D eigenvalue weighted by Crippen LogP contribution is -1.76. The standard InChI is InChI=1S/3C5H7N.H2N4P4.H2N3P3/c1-3-5(2)4-6;1-3-4-5-6-2;1-2-3-4-5-6;1-5-3-7-8-4-6-2;1-4-3-6-5-2/h3,5H,1H2,2H3;3-4H,5H2,1H3;2H,1,3-4H2;1-2H;1-2H/b;4-3+;;;. The molecule has 1 unspecified atom stereocenters. The Balaban J connectivity index is -0.0000000955. The second-order valence-electron chi connectivity index (χ2n) is 3.99. The average molecular weight is 562 g/mol. The fraction of sp³-hybridized carbons (Fsp3) is 0.400. The van der Waals surface area contributed by atoms with Crippen molar-refractivity contribution in [3.05, 3.63) is 48.9 Å². The summed E-state index contributed by atoms with van der Waals surface area (Å²) < 4.78 is 10.8. The normalized spacial score (nSPS) is 10.3. The van der Waals surface area contributed by atoms with E-state index < -0.39 is 0 Å². The molecule has 0 bridgehead atoms. The fourth-order valence-electron chi connectivity index (χ4n) is 0.493. The third-order valence-electron chi connectivity index (χ3n) is 1.79. The van der Waals surface area contributed by atoms with Crippen molar-refractivity contribution in [3.63, 3.8) is 0 Å². The van der Waals surface area contributed by atoms with Crippen LogP contribution in [-0.2, 0) is 0 Å². The Morgan fingerprint density at radius 3 is 1.69 bits per heavy atom. The van der Waals surface area contributed by atoms with Gasteiger partial charge in [0.05, 0.1) is 50.3 Å². The van der Waals surface area contributed by atoms with Crippen LogP contribution >= 0.6 is 57.8 Å². The minimum atomic E-state index is 0.00463. The third-order valence-corrected chi connectivity index (χ3v) is 6.66. The number of nitrogens with one attached hydrogen (secondary N) is 4. The molecule has 0 aliphatic rings. The van der Waals surface area contributed by atoms with Crippen LogP contribution in [0.4, 0.5) is 0 Å². The zero-order valence-electron chi connectivity index (χ0n) is 17.7. The largest absolute Gasteiger partial charge is 0.312 e. The van der Waals surface area contributed by atoms with Crippen molar-refractivity contribution in [2.75, 3.05) is 6.54 Å². The zero-order valence-corrected chi connectivity index (χ0v) is 24.0. The quantitative estimate of drug-likeness (QED) is 0.0943. The summed E-state index contributed by atoms with van der Waals surface area (Å²) in [7, 11) is 3.54. The van der Waals surface area contributed by atoms with Crippen LogP contribution in [0, 0.1) is 55.8 Å². The van der Waals surface area contributed by atoms with E-state index in [1.54, 1.807) is 19.1 Å². The van der Waals surface area contributed by atoms with Crippen LogP contribution in [0.2, 0.25) is 0 Å². The molecule has 0 radical (unpaired) electrons. The summed E-state index contributed by atoms with van der Waals surface area (Å²) in [6.45, 7) is 17.4. The number of nitriles is 2. The molecule has 0 aliphatic heterocycles. The molecule has 0 amide bonds. The van der Waals surface area contributed by atoms with Gasteiger partial charge in [-0.25, -0.2) is 6.57 Å². The molecule has 0 saturated heterocycles. The summed E-state index contributed by atoms with van der Waals surface area (Å²) in [6.07, 6.45) is 8.47. The van der Waals surface area contributed by atoms with Crippen LogP contribution in [0.3, 0.4) is 0 Å². The monoisotopic (exact) mass is 562 g/mol. The summed E-state index contributed by atoms with van der Waals surface area (Å²) in [6, 6.07) is 3.99. The smallest absolute Gasteiger partial charge is 0.232 e. The molecule has 170 valence electrons. The molecule has 0 aromatic heterocycles. The van der Waals surface area contributed by atoms with Gasteiger partial charge in [-0.15, -0.1) is 13.2 Å². The van der Waals surface area contributed by atoms with E-state index in [-0.39, 0.29) is 14.4 Å². The van der Waals surface area contributed by atoms with Gasteiger partial charge < -0.3 is 4.85 Å². The van der Waals surface area contributed by atoms with Gasteiger partial charge in [0.15, 0.2) is 25.6 Å². The van der Waals surface area contributed by atoms with Crippen molar-refractivity contribution in [1.82, 2.24) is 0 Å². The maximum absolute atomic E-state index is 8.01. The Labute approximate surface area is 202 Å². The molecular weight excluding hydrogens is 537 g/mol. The molecule has 0 saturated carbocycles. The second-order valence-corrected chi connectivity index (χ2v) is 9.68. The number of nitrogens with zero attached hydrogens (tertiary/aromatic N) is 6. The molecule has 1 atom stereocenters. The molecule has 0 aromatic rings. The van der Waals surface area contributed by atoms with Crippen LogP contribution in [-0.4, -0.2) is 6.54 Å². The molecule has 4 N–H and O–H groups in total. The van der Waals surface area contributed by atoms with Crippen LogP contribution in [0.25, 0.3) is 4.85 Å². The number of hydrogen-bond acceptors (Lipinski definition) is 6. The molecule has 32 heavy (non-hydrogen) atoms. The third kappa shape index (κ3) is 79.3. The summed E-state index contributed by atoms with van der Waals surface area (Å²) in [5, 5.41) is 41.9. The first-order chi connectivity index (χ1) is 15.5.